The average Bonchev–Trinajstić information content (AvgIpc) is 2.43. The van der Waals surface area contributed by atoms with Gasteiger partial charge >= 0.3 is 0 Å². The maximum absolute atomic E-state index is 13.5. The fourth-order valence-electron chi connectivity index (χ4n) is 3.26. The number of nitrogens with zero attached hydrogens (tertiary/aromatic N) is 1. The van der Waals surface area contributed by atoms with E-state index in [1.807, 2.05) is 6.07 Å². The summed E-state index contributed by atoms with van der Waals surface area (Å²) in [6.07, 6.45) is 1.06. The summed E-state index contributed by atoms with van der Waals surface area (Å²) in [5.74, 6) is 0.870. The molecule has 21 heavy (non-hydrogen) atoms. The summed E-state index contributed by atoms with van der Waals surface area (Å²) in [5.41, 5.74) is 7.38. The predicted octanol–water partition coefficient (Wildman–Crippen LogP) is 3.41. The molecule has 1 heterocycles. The van der Waals surface area contributed by atoms with E-state index in [0.29, 0.717) is 11.8 Å². The minimum absolute atomic E-state index is 0.0561. The topological polar surface area (TPSA) is 29.3 Å². The van der Waals surface area contributed by atoms with Crippen LogP contribution in [-0.4, -0.2) is 30.6 Å². The number of benzene rings is 1. The third-order valence-electron chi connectivity index (χ3n) is 5.38. The Morgan fingerprint density at radius 2 is 2.14 bits per heavy atom. The Bertz CT molecular complexity index is 474. The second-order valence-corrected chi connectivity index (χ2v) is 7.25. The lowest BCUT2D eigenvalue weighted by atomic mass is 9.68. The molecule has 0 aliphatic carbocycles. The highest BCUT2D eigenvalue weighted by Crippen LogP contribution is 2.39. The van der Waals surface area contributed by atoms with E-state index in [4.69, 9.17) is 5.73 Å². The van der Waals surface area contributed by atoms with Gasteiger partial charge in [-0.3, -0.25) is 0 Å². The SMILES string of the molecule is CC(C)[C@H](N)CN1CC[C@@](C)(c2cccc(F)c2)[C@@H](C)C1. The second kappa shape index (κ2) is 6.45. The van der Waals surface area contributed by atoms with Crippen LogP contribution in [0.5, 0.6) is 0 Å². The summed E-state index contributed by atoms with van der Waals surface area (Å²) in [4.78, 5) is 2.47. The fourth-order valence-corrected chi connectivity index (χ4v) is 3.26. The number of piperidine rings is 1. The van der Waals surface area contributed by atoms with Crippen molar-refractivity contribution in [3.05, 3.63) is 35.6 Å². The number of likely N-dealkylation sites (tertiary alicyclic amines) is 1. The van der Waals surface area contributed by atoms with Crippen molar-refractivity contribution in [2.75, 3.05) is 19.6 Å². The number of halogens is 1. The molecule has 2 nitrogen and oxygen atoms in total. The molecule has 0 amide bonds. The minimum Gasteiger partial charge on any atom is -0.326 e. The Labute approximate surface area is 128 Å². The molecule has 3 heteroatoms. The van der Waals surface area contributed by atoms with E-state index in [-0.39, 0.29) is 17.3 Å². The molecule has 1 aliphatic rings. The zero-order valence-corrected chi connectivity index (χ0v) is 13.8. The van der Waals surface area contributed by atoms with Crippen molar-refractivity contribution in [2.24, 2.45) is 17.6 Å². The predicted molar refractivity (Wildman–Crippen MR) is 86.8 cm³/mol. The van der Waals surface area contributed by atoms with E-state index in [0.717, 1.165) is 31.6 Å². The largest absolute Gasteiger partial charge is 0.326 e. The van der Waals surface area contributed by atoms with Crippen LogP contribution in [0.15, 0.2) is 24.3 Å². The molecule has 1 aromatic rings. The van der Waals surface area contributed by atoms with Crippen molar-refractivity contribution in [1.82, 2.24) is 4.90 Å². The van der Waals surface area contributed by atoms with E-state index in [1.165, 1.54) is 6.07 Å². The van der Waals surface area contributed by atoms with Gasteiger partial charge in [0.1, 0.15) is 5.82 Å². The summed E-state index contributed by atoms with van der Waals surface area (Å²) in [6.45, 7) is 11.9. The number of hydrogen-bond acceptors (Lipinski definition) is 2. The van der Waals surface area contributed by atoms with Crippen LogP contribution >= 0.6 is 0 Å². The van der Waals surface area contributed by atoms with Crippen molar-refractivity contribution in [3.63, 3.8) is 0 Å². The van der Waals surface area contributed by atoms with Crippen molar-refractivity contribution in [2.45, 2.75) is 45.6 Å². The third-order valence-corrected chi connectivity index (χ3v) is 5.38. The first kappa shape index (κ1) is 16.4. The van der Waals surface area contributed by atoms with Gasteiger partial charge in [-0.05, 0) is 47.9 Å². The molecule has 2 rings (SSSR count). The van der Waals surface area contributed by atoms with Gasteiger partial charge in [-0.15, -0.1) is 0 Å². The second-order valence-electron chi connectivity index (χ2n) is 7.25. The van der Waals surface area contributed by atoms with Crippen LogP contribution in [0, 0.1) is 17.7 Å². The highest BCUT2D eigenvalue weighted by Gasteiger charge is 2.38. The molecule has 0 radical (unpaired) electrons. The van der Waals surface area contributed by atoms with Crippen molar-refractivity contribution in [3.8, 4) is 0 Å². The monoisotopic (exact) mass is 292 g/mol. The van der Waals surface area contributed by atoms with Gasteiger partial charge in [0.25, 0.3) is 0 Å². The lowest BCUT2D eigenvalue weighted by Crippen LogP contribution is -2.51. The van der Waals surface area contributed by atoms with Crippen LogP contribution in [0.3, 0.4) is 0 Å². The quantitative estimate of drug-likeness (QED) is 0.921. The van der Waals surface area contributed by atoms with Gasteiger partial charge in [0.15, 0.2) is 0 Å². The van der Waals surface area contributed by atoms with Crippen LogP contribution in [-0.2, 0) is 5.41 Å². The zero-order valence-electron chi connectivity index (χ0n) is 13.8. The van der Waals surface area contributed by atoms with Gasteiger partial charge in [0, 0.05) is 19.1 Å². The van der Waals surface area contributed by atoms with Gasteiger partial charge in [-0.1, -0.05) is 39.8 Å². The Kier molecular flexibility index (Phi) is 5.05. The van der Waals surface area contributed by atoms with Gasteiger partial charge in [0.2, 0.25) is 0 Å². The smallest absolute Gasteiger partial charge is 0.123 e. The first-order valence-electron chi connectivity index (χ1n) is 8.07. The standard InChI is InChI=1S/C18H29FN2/c1-13(2)17(20)12-21-9-8-18(4,14(3)11-21)15-6-5-7-16(19)10-15/h5-7,10,13-14,17H,8-9,11-12,20H2,1-4H3/t14-,17+,18+/m0/s1. The van der Waals surface area contributed by atoms with E-state index < -0.39 is 0 Å². The molecule has 3 atom stereocenters. The summed E-state index contributed by atoms with van der Waals surface area (Å²) in [5, 5.41) is 0. The van der Waals surface area contributed by atoms with E-state index >= 15 is 0 Å². The molecule has 0 bridgehead atoms. The van der Waals surface area contributed by atoms with Crippen LogP contribution in [0.1, 0.15) is 39.7 Å². The van der Waals surface area contributed by atoms with Crippen LogP contribution in [0.4, 0.5) is 4.39 Å². The molecule has 1 aliphatic heterocycles. The average molecular weight is 292 g/mol. The summed E-state index contributed by atoms with van der Waals surface area (Å²) in [6, 6.07) is 7.34. The number of rotatable bonds is 4. The molecule has 2 N–H and O–H groups in total. The fraction of sp³-hybridized carbons (Fsp3) is 0.667. The van der Waals surface area contributed by atoms with Crippen LogP contribution < -0.4 is 5.73 Å². The number of hydrogen-bond donors (Lipinski definition) is 1. The minimum atomic E-state index is -0.134. The normalized spacial score (nSPS) is 28.8. The molecule has 1 fully saturated rings. The molecule has 1 aromatic carbocycles. The van der Waals surface area contributed by atoms with Crippen LogP contribution in [0.25, 0.3) is 0 Å². The Hall–Kier alpha value is -0.930. The lowest BCUT2D eigenvalue weighted by Gasteiger charge is -2.46. The molecule has 1 saturated heterocycles. The zero-order chi connectivity index (χ0) is 15.6. The van der Waals surface area contributed by atoms with Crippen molar-refractivity contribution >= 4 is 0 Å². The maximum Gasteiger partial charge on any atom is 0.123 e. The number of nitrogens with two attached hydrogens (primary N) is 1. The summed E-state index contributed by atoms with van der Waals surface area (Å²) in [7, 11) is 0. The lowest BCUT2D eigenvalue weighted by molar-refractivity contribution is 0.101. The van der Waals surface area contributed by atoms with Crippen molar-refractivity contribution in [1.29, 1.82) is 0 Å². The third kappa shape index (κ3) is 3.64. The van der Waals surface area contributed by atoms with Gasteiger partial charge < -0.3 is 10.6 Å². The Morgan fingerprint density at radius 1 is 1.43 bits per heavy atom. The highest BCUT2D eigenvalue weighted by atomic mass is 19.1. The van der Waals surface area contributed by atoms with Gasteiger partial charge in [0.05, 0.1) is 0 Å². The van der Waals surface area contributed by atoms with Crippen LogP contribution in [0.2, 0.25) is 0 Å². The molecule has 0 unspecified atom stereocenters. The van der Waals surface area contributed by atoms with E-state index in [1.54, 1.807) is 6.07 Å². The molecular weight excluding hydrogens is 263 g/mol. The van der Waals surface area contributed by atoms with Gasteiger partial charge in [-0.2, -0.15) is 0 Å². The molecule has 0 aromatic heterocycles. The summed E-state index contributed by atoms with van der Waals surface area (Å²) >= 11 is 0. The maximum atomic E-state index is 13.5. The molecule has 0 saturated carbocycles. The molecule has 0 spiro atoms. The first-order valence-corrected chi connectivity index (χ1v) is 8.07. The Balaban J connectivity index is 2.06. The highest BCUT2D eigenvalue weighted by molar-refractivity contribution is 5.27. The molecule has 118 valence electrons. The Morgan fingerprint density at radius 3 is 2.71 bits per heavy atom. The molecular formula is C18H29FN2. The van der Waals surface area contributed by atoms with E-state index in [2.05, 4.69) is 38.7 Å². The van der Waals surface area contributed by atoms with E-state index in [9.17, 15) is 4.39 Å². The van der Waals surface area contributed by atoms with Crippen molar-refractivity contribution < 1.29 is 4.39 Å². The summed E-state index contributed by atoms with van der Waals surface area (Å²) < 4.78 is 13.5. The first-order chi connectivity index (χ1) is 9.83. The van der Waals surface area contributed by atoms with Gasteiger partial charge in [-0.25, -0.2) is 4.39 Å².